The molecule has 0 amide bonds. The van der Waals surface area contributed by atoms with Gasteiger partial charge in [0.2, 0.25) is 0 Å². The lowest BCUT2D eigenvalue weighted by Gasteiger charge is -2.32. The summed E-state index contributed by atoms with van der Waals surface area (Å²) < 4.78 is 48.7. The molecule has 10 unspecified atom stereocenters. The van der Waals surface area contributed by atoms with Crippen LogP contribution in [0.2, 0.25) is 0 Å². The summed E-state index contributed by atoms with van der Waals surface area (Å²) >= 11 is 0. The number of rotatable bonds is 26. The highest BCUT2D eigenvalue weighted by atomic mass is 16.6. The number of hydrogen-bond donors (Lipinski definition) is 10. The summed E-state index contributed by atoms with van der Waals surface area (Å²) in [5.41, 5.74) is 52.0. The molecule has 30 heteroatoms. The van der Waals surface area contributed by atoms with E-state index in [1.54, 1.807) is 6.92 Å². The Kier molecular flexibility index (Phi) is 39.4. The van der Waals surface area contributed by atoms with Crippen LogP contribution in [0.15, 0.2) is 0 Å². The maximum absolute atomic E-state index is 11.8. The van der Waals surface area contributed by atoms with Gasteiger partial charge in [-0.15, -0.1) is 0 Å². The van der Waals surface area contributed by atoms with Crippen LogP contribution >= 0.6 is 0 Å². The SMILES string of the molecule is CC(N)C(=O)OCC(COC(=O)C(C)N)(COC(=O)C(C)N)COC(=O)C(C)N.CC(N)C(=O)OCC(COC(=O)C(C)N)OC(=O)C(C)N.CC(N)C(=O)OCCOC(=O)C(C)N.COC(=O)C(C)N. The smallest absolute Gasteiger partial charge is 0.323 e. The molecule has 0 rings (SSSR count). The summed E-state index contributed by atoms with van der Waals surface area (Å²) in [6, 6.07) is -8.06. The standard InChI is InChI=1S/C17H32N4O8.C12H23N3O6.C8H16N2O4.C4H9NO2/c1-9(18)13(22)26-5-17(6-27-14(23)10(2)19,7-28-15(24)11(3)20)8-29-16(25)12(4)21;1-6(13)10(16)19-4-9(21-12(18)8(3)15)5-20-11(17)7(2)14;1-5(9)7(11)13-3-4-14-8(12)6(2)10;1-3(5)4(6)7-2/h9-12H,5-8,18-21H2,1-4H3;6-9H,4-5,13-15H2,1-3H3;5-6H,3-4,9-10H2,1-2H3;3H,5H2,1-2H3. The Balaban J connectivity index is -0.000000465. The molecule has 0 fully saturated rings. The zero-order valence-electron chi connectivity index (χ0n) is 42.4. The van der Waals surface area contributed by atoms with Gasteiger partial charge in [0, 0.05) is 0 Å². The first-order valence-corrected chi connectivity index (χ1v) is 21.8. The molecule has 0 radical (unpaired) electrons. The average molecular weight is 1030 g/mol. The lowest BCUT2D eigenvalue weighted by Crippen LogP contribution is -2.47. The van der Waals surface area contributed by atoms with Crippen molar-refractivity contribution >= 4 is 59.7 Å². The van der Waals surface area contributed by atoms with Gasteiger partial charge in [0.15, 0.2) is 6.10 Å². The zero-order valence-corrected chi connectivity index (χ0v) is 42.4. The molecule has 0 saturated carbocycles. The second kappa shape index (κ2) is 39.0. The van der Waals surface area contributed by atoms with Crippen molar-refractivity contribution in [3.63, 3.8) is 0 Å². The van der Waals surface area contributed by atoms with Crippen LogP contribution < -0.4 is 57.3 Å². The van der Waals surface area contributed by atoms with E-state index in [1.165, 1.54) is 69.4 Å². The maximum atomic E-state index is 11.8. The fourth-order valence-electron chi connectivity index (χ4n) is 3.41. The van der Waals surface area contributed by atoms with E-state index in [2.05, 4.69) is 14.2 Å². The third-order valence-electron chi connectivity index (χ3n) is 7.68. The van der Waals surface area contributed by atoms with Crippen molar-refractivity contribution in [1.82, 2.24) is 0 Å². The third kappa shape index (κ3) is 37.8. The van der Waals surface area contributed by atoms with Crippen LogP contribution in [0, 0.1) is 5.41 Å². The molecule has 20 N–H and O–H groups in total. The van der Waals surface area contributed by atoms with Gasteiger partial charge in [0.25, 0.3) is 0 Å². The van der Waals surface area contributed by atoms with Gasteiger partial charge in [0.1, 0.15) is 119 Å². The van der Waals surface area contributed by atoms with Gasteiger partial charge in [0.05, 0.1) is 7.11 Å². The summed E-state index contributed by atoms with van der Waals surface area (Å²) in [5.74, 6) is -6.52. The van der Waals surface area contributed by atoms with Crippen molar-refractivity contribution in [1.29, 1.82) is 0 Å². The Morgan fingerprint density at radius 2 is 0.507 bits per heavy atom. The largest absolute Gasteiger partial charge is 0.468 e. The monoisotopic (exact) mass is 1030 g/mol. The highest BCUT2D eigenvalue weighted by Gasteiger charge is 2.39. The number of carbonyl (C=O) groups is 10. The maximum Gasteiger partial charge on any atom is 0.323 e. The molecule has 0 aliphatic carbocycles. The Labute approximate surface area is 413 Å². The lowest BCUT2D eigenvalue weighted by atomic mass is 9.92. The summed E-state index contributed by atoms with van der Waals surface area (Å²) in [7, 11) is 1.31. The normalized spacial score (nSPS) is 15.9. The van der Waals surface area contributed by atoms with Crippen LogP contribution in [0.5, 0.6) is 0 Å². The summed E-state index contributed by atoms with van der Waals surface area (Å²) in [6.07, 6.45) is -0.978. The van der Waals surface area contributed by atoms with Crippen LogP contribution in [0.4, 0.5) is 0 Å². The predicted octanol–water partition coefficient (Wildman–Crippen LogP) is -6.17. The van der Waals surface area contributed by atoms with Crippen molar-refractivity contribution in [2.45, 2.75) is 136 Å². The highest BCUT2D eigenvalue weighted by molar-refractivity contribution is 5.78. The van der Waals surface area contributed by atoms with E-state index in [-0.39, 0.29) is 32.4 Å². The molecule has 0 aromatic carbocycles. The molecule has 71 heavy (non-hydrogen) atoms. The fraction of sp³-hybridized carbons (Fsp3) is 0.756. The molecule has 10 atom stereocenters. The fourth-order valence-corrected chi connectivity index (χ4v) is 3.41. The second-order valence-corrected chi connectivity index (χ2v) is 16.0. The van der Waals surface area contributed by atoms with Crippen LogP contribution in [0.3, 0.4) is 0 Å². The van der Waals surface area contributed by atoms with E-state index < -0.39 is 152 Å². The van der Waals surface area contributed by atoms with Crippen LogP contribution in [0.1, 0.15) is 69.2 Å². The topological polar surface area (TPSA) is 523 Å². The molecule has 0 aliphatic rings. The van der Waals surface area contributed by atoms with Crippen molar-refractivity contribution in [3.05, 3.63) is 0 Å². The molecule has 0 spiro atoms. The van der Waals surface area contributed by atoms with E-state index in [1.807, 2.05) is 0 Å². The van der Waals surface area contributed by atoms with E-state index in [0.717, 1.165) is 0 Å². The number of carbonyl (C=O) groups excluding carboxylic acids is 10. The van der Waals surface area contributed by atoms with Gasteiger partial charge < -0.3 is 105 Å². The van der Waals surface area contributed by atoms with Crippen LogP contribution in [0.25, 0.3) is 0 Å². The second-order valence-electron chi connectivity index (χ2n) is 16.0. The van der Waals surface area contributed by atoms with Crippen LogP contribution in [-0.4, -0.2) is 186 Å². The molecule has 0 heterocycles. The zero-order chi connectivity index (χ0) is 56.4. The van der Waals surface area contributed by atoms with Crippen molar-refractivity contribution in [2.75, 3.05) is 60.0 Å². The minimum Gasteiger partial charge on any atom is -0.468 e. The van der Waals surface area contributed by atoms with E-state index in [0.29, 0.717) is 0 Å². The van der Waals surface area contributed by atoms with Gasteiger partial charge in [-0.05, 0) is 69.2 Å². The minimum absolute atomic E-state index is 0.00116. The quantitative estimate of drug-likeness (QED) is 0.0219. The molecule has 414 valence electrons. The first-order valence-electron chi connectivity index (χ1n) is 21.8. The van der Waals surface area contributed by atoms with Crippen molar-refractivity contribution in [2.24, 2.45) is 62.8 Å². The Hall–Kier alpha value is -5.70. The van der Waals surface area contributed by atoms with Crippen molar-refractivity contribution in [3.8, 4) is 0 Å². The Morgan fingerprint density at radius 3 is 0.690 bits per heavy atom. The molecule has 0 aromatic rings. The van der Waals surface area contributed by atoms with Gasteiger partial charge in [-0.2, -0.15) is 0 Å². The van der Waals surface area contributed by atoms with Crippen molar-refractivity contribution < 1.29 is 95.3 Å². The summed E-state index contributed by atoms with van der Waals surface area (Å²) in [4.78, 5) is 113. The van der Waals surface area contributed by atoms with Crippen LogP contribution in [-0.2, 0) is 95.3 Å². The molecule has 0 saturated heterocycles. The van der Waals surface area contributed by atoms with E-state index in [9.17, 15) is 47.9 Å². The van der Waals surface area contributed by atoms with Gasteiger partial charge in [-0.25, -0.2) is 0 Å². The molecular formula is C41H80N10O20. The first-order chi connectivity index (χ1) is 32.6. The molecular weight excluding hydrogens is 953 g/mol. The van der Waals surface area contributed by atoms with Gasteiger partial charge in [-0.1, -0.05) is 0 Å². The molecule has 0 aliphatic heterocycles. The molecule has 30 nitrogen and oxygen atoms in total. The van der Waals surface area contributed by atoms with Gasteiger partial charge >= 0.3 is 59.7 Å². The van der Waals surface area contributed by atoms with E-state index >= 15 is 0 Å². The summed E-state index contributed by atoms with van der Waals surface area (Å²) in [5, 5.41) is 0. The Morgan fingerprint density at radius 1 is 0.310 bits per heavy atom. The number of ether oxygens (including phenoxy) is 10. The predicted molar refractivity (Wildman–Crippen MR) is 248 cm³/mol. The summed E-state index contributed by atoms with van der Waals surface area (Å²) in [6.45, 7) is 12.2. The Bertz CT molecular complexity index is 1500. The first kappa shape index (κ1) is 71.8. The molecule has 0 aromatic heterocycles. The highest BCUT2D eigenvalue weighted by Crippen LogP contribution is 2.22. The average Bonchev–Trinajstić information content (AvgIpc) is 3.29. The number of hydrogen-bond acceptors (Lipinski definition) is 30. The number of esters is 10. The third-order valence-corrected chi connectivity index (χ3v) is 7.68. The van der Waals surface area contributed by atoms with Gasteiger partial charge in [-0.3, -0.25) is 47.9 Å². The lowest BCUT2D eigenvalue weighted by molar-refractivity contribution is -0.172. The molecule has 0 bridgehead atoms. The number of nitrogens with two attached hydrogens (primary N) is 10. The van der Waals surface area contributed by atoms with E-state index in [4.69, 9.17) is 90.5 Å². The number of methoxy groups -OCH3 is 1. The minimum atomic E-state index is -1.43.